The maximum atomic E-state index is 12.7. The van der Waals surface area contributed by atoms with Crippen molar-refractivity contribution < 1.29 is 28.1 Å². The number of ether oxygens (including phenoxy) is 1. The molecule has 0 amide bonds. The van der Waals surface area contributed by atoms with Crippen molar-refractivity contribution in [3.8, 4) is 0 Å². The summed E-state index contributed by atoms with van der Waals surface area (Å²) >= 11 is 0. The maximum absolute atomic E-state index is 12.7. The highest BCUT2D eigenvalue weighted by Gasteiger charge is 2.59. The molecule has 3 nitrogen and oxygen atoms in total. The molecule has 33 heavy (non-hydrogen) atoms. The first-order valence-corrected chi connectivity index (χ1v) is 13.2. The number of hydrogen-bond donors (Lipinski definition) is 2. The molecule has 4 rings (SSSR count). The Labute approximate surface area is 198 Å². The van der Waals surface area contributed by atoms with E-state index in [1.54, 1.807) is 7.11 Å². The number of hydrogen-bond acceptors (Lipinski definition) is 3. The van der Waals surface area contributed by atoms with Gasteiger partial charge in [-0.2, -0.15) is 13.2 Å². The third-order valence-corrected chi connectivity index (χ3v) is 9.81. The first-order chi connectivity index (χ1) is 15.6. The minimum absolute atomic E-state index is 0.0626. The Morgan fingerprint density at radius 2 is 1.85 bits per heavy atom. The van der Waals surface area contributed by atoms with Gasteiger partial charge in [-0.1, -0.05) is 38.8 Å². The summed E-state index contributed by atoms with van der Waals surface area (Å²) in [5.41, 5.74) is 1.67. The topological polar surface area (TPSA) is 49.7 Å². The van der Waals surface area contributed by atoms with Crippen molar-refractivity contribution in [1.29, 1.82) is 0 Å². The van der Waals surface area contributed by atoms with Gasteiger partial charge in [-0.05, 0) is 93.3 Å². The largest absolute Gasteiger partial charge is 0.414 e. The van der Waals surface area contributed by atoms with Crippen molar-refractivity contribution in [3.63, 3.8) is 0 Å². The summed E-state index contributed by atoms with van der Waals surface area (Å²) in [6.45, 7) is 7.12. The van der Waals surface area contributed by atoms with Gasteiger partial charge in [0.05, 0.1) is 12.7 Å². The minimum Gasteiger partial charge on any atom is -0.393 e. The predicted molar refractivity (Wildman–Crippen MR) is 125 cm³/mol. The van der Waals surface area contributed by atoms with E-state index in [2.05, 4.69) is 13.0 Å². The Kier molecular flexibility index (Phi) is 8.65. The molecule has 6 heteroatoms. The van der Waals surface area contributed by atoms with Gasteiger partial charge in [-0.25, -0.2) is 0 Å². The van der Waals surface area contributed by atoms with Crippen LogP contribution in [0.15, 0.2) is 11.6 Å². The lowest BCUT2D eigenvalue weighted by Crippen LogP contribution is -2.53. The van der Waals surface area contributed by atoms with E-state index in [9.17, 15) is 23.4 Å². The third kappa shape index (κ3) is 5.04. The molecule has 8 atom stereocenters. The van der Waals surface area contributed by atoms with E-state index in [0.717, 1.165) is 58.0 Å². The molecule has 3 fully saturated rings. The molecule has 3 saturated carbocycles. The van der Waals surface area contributed by atoms with E-state index < -0.39 is 12.3 Å². The number of allylic oxidation sites excluding steroid dienone is 1. The highest BCUT2D eigenvalue weighted by molar-refractivity contribution is 5.26. The molecule has 8 unspecified atom stereocenters. The summed E-state index contributed by atoms with van der Waals surface area (Å²) in [4.78, 5) is 0. The predicted octanol–water partition coefficient (Wildman–Crippen LogP) is 6.67. The Morgan fingerprint density at radius 1 is 1.12 bits per heavy atom. The van der Waals surface area contributed by atoms with Crippen LogP contribution in [-0.2, 0) is 4.74 Å². The van der Waals surface area contributed by atoms with Crippen LogP contribution in [0.5, 0.6) is 0 Å². The smallest absolute Gasteiger partial charge is 0.393 e. The van der Waals surface area contributed by atoms with Gasteiger partial charge >= 0.3 is 6.18 Å². The second kappa shape index (κ2) is 10.6. The molecule has 4 aliphatic rings. The van der Waals surface area contributed by atoms with Crippen molar-refractivity contribution in [2.75, 3.05) is 13.7 Å². The first kappa shape index (κ1) is 27.0. The van der Waals surface area contributed by atoms with Crippen LogP contribution in [0.1, 0.15) is 91.4 Å². The number of aliphatic hydroxyl groups excluding tert-OH is 2. The number of alkyl halides is 3. The molecule has 2 N–H and O–H groups in total. The molecule has 4 aliphatic carbocycles. The normalized spacial score (nSPS) is 41.1. The highest BCUT2D eigenvalue weighted by atomic mass is 19.4. The Bertz CT molecular complexity index is 678. The molecule has 0 saturated heterocycles. The van der Waals surface area contributed by atoms with Crippen LogP contribution in [0.3, 0.4) is 0 Å². The maximum Gasteiger partial charge on any atom is 0.414 e. The minimum atomic E-state index is -4.50. The van der Waals surface area contributed by atoms with Crippen LogP contribution in [-0.4, -0.2) is 42.3 Å². The fourth-order valence-corrected chi connectivity index (χ4v) is 8.27. The Balaban J connectivity index is 0.00000149. The van der Waals surface area contributed by atoms with Gasteiger partial charge in [0.1, 0.15) is 6.10 Å². The summed E-state index contributed by atoms with van der Waals surface area (Å²) in [5, 5.41) is 19.6. The molecule has 0 radical (unpaired) electrons. The average Bonchev–Trinajstić information content (AvgIpc) is 3.11. The molecule has 0 spiro atoms. The number of methoxy groups -OCH3 is 1. The zero-order chi connectivity index (χ0) is 24.4. The highest BCUT2D eigenvalue weighted by Crippen LogP contribution is 2.66. The molecule has 0 aromatic carbocycles. The number of halogens is 3. The summed E-state index contributed by atoms with van der Waals surface area (Å²) < 4.78 is 43.7. The van der Waals surface area contributed by atoms with Gasteiger partial charge in [0.2, 0.25) is 0 Å². The van der Waals surface area contributed by atoms with Crippen molar-refractivity contribution in [1.82, 2.24) is 0 Å². The lowest BCUT2D eigenvalue weighted by atomic mass is 9.47. The van der Waals surface area contributed by atoms with Crippen LogP contribution in [0.4, 0.5) is 13.2 Å². The molecule has 192 valence electrons. The first-order valence-electron chi connectivity index (χ1n) is 13.2. The average molecular weight is 475 g/mol. The SMILES string of the molecule is CC.COCC12CCC(O)CC1=CCC1C2CCC2(C)C(CCCC(O)C(F)(F)F)CCC12. The summed E-state index contributed by atoms with van der Waals surface area (Å²) in [6, 6.07) is 0. The van der Waals surface area contributed by atoms with Gasteiger partial charge in [0.25, 0.3) is 0 Å². The molecule has 0 heterocycles. The van der Waals surface area contributed by atoms with E-state index in [0.29, 0.717) is 30.1 Å². The van der Waals surface area contributed by atoms with E-state index in [1.807, 2.05) is 13.8 Å². The van der Waals surface area contributed by atoms with Crippen LogP contribution < -0.4 is 0 Å². The summed E-state index contributed by atoms with van der Waals surface area (Å²) in [5.74, 6) is 2.26. The van der Waals surface area contributed by atoms with E-state index in [1.165, 1.54) is 12.0 Å². The number of rotatable bonds is 6. The van der Waals surface area contributed by atoms with Gasteiger partial charge in [0.15, 0.2) is 0 Å². The van der Waals surface area contributed by atoms with E-state index >= 15 is 0 Å². The Hall–Kier alpha value is -0.590. The number of fused-ring (bicyclic) bond motifs is 5. The third-order valence-electron chi connectivity index (χ3n) is 9.81. The van der Waals surface area contributed by atoms with Crippen LogP contribution in [0, 0.1) is 34.5 Å². The summed E-state index contributed by atoms with van der Waals surface area (Å²) in [6.07, 6.45) is 4.75. The molecule has 0 aromatic rings. The van der Waals surface area contributed by atoms with Crippen molar-refractivity contribution in [2.24, 2.45) is 34.5 Å². The Morgan fingerprint density at radius 3 is 2.52 bits per heavy atom. The van der Waals surface area contributed by atoms with E-state index in [4.69, 9.17) is 4.74 Å². The zero-order valence-electron chi connectivity index (χ0n) is 21.0. The number of aliphatic hydroxyl groups is 2. The quantitative estimate of drug-likeness (QED) is 0.423. The van der Waals surface area contributed by atoms with E-state index in [-0.39, 0.29) is 23.4 Å². The zero-order valence-corrected chi connectivity index (χ0v) is 21.0. The standard InChI is InChI=1S/C25H39F3O3.C2H6/c1-23-12-11-21-19(8-6-17-14-18(29)10-13-24(17,21)15-31-2)20(23)9-7-16(23)4-3-5-22(30)25(26,27)28;1-2/h6,16,18-22,29-30H,3-5,7-15H2,1-2H3;1-2H3. The van der Waals surface area contributed by atoms with Crippen molar-refractivity contribution in [3.05, 3.63) is 11.6 Å². The second-order valence-corrected chi connectivity index (χ2v) is 11.1. The molecule has 0 aromatic heterocycles. The summed E-state index contributed by atoms with van der Waals surface area (Å²) in [7, 11) is 1.79. The monoisotopic (exact) mass is 474 g/mol. The fraction of sp³-hybridized carbons (Fsp3) is 0.926. The van der Waals surface area contributed by atoms with Gasteiger partial charge in [-0.15, -0.1) is 0 Å². The molecular weight excluding hydrogens is 429 g/mol. The lowest BCUT2D eigenvalue weighted by Gasteiger charge is -2.59. The fourth-order valence-electron chi connectivity index (χ4n) is 8.27. The van der Waals surface area contributed by atoms with Gasteiger partial charge in [0, 0.05) is 12.5 Å². The van der Waals surface area contributed by atoms with Crippen LogP contribution in [0.25, 0.3) is 0 Å². The van der Waals surface area contributed by atoms with Crippen LogP contribution in [0.2, 0.25) is 0 Å². The van der Waals surface area contributed by atoms with Gasteiger partial charge in [-0.3, -0.25) is 0 Å². The van der Waals surface area contributed by atoms with Gasteiger partial charge < -0.3 is 14.9 Å². The van der Waals surface area contributed by atoms with Crippen molar-refractivity contribution >= 4 is 0 Å². The molecular formula is C27H45F3O3. The molecule has 0 aliphatic heterocycles. The van der Waals surface area contributed by atoms with Crippen LogP contribution >= 0.6 is 0 Å². The lowest BCUT2D eigenvalue weighted by molar-refractivity contribution is -0.205. The molecule has 0 bridgehead atoms. The second-order valence-electron chi connectivity index (χ2n) is 11.1. The van der Waals surface area contributed by atoms with Crippen molar-refractivity contribution in [2.45, 2.75) is 110 Å².